The Morgan fingerprint density at radius 1 is 1.29 bits per heavy atom. The standard InChI is InChI=1S/C16H14BrClN2O/c17-13-8-12(9-14(18)10-13)16(21)20-7-1-2-15(20)11-3-5-19-6-4-11/h3-6,8-10,15H,1-2,7H2. The highest BCUT2D eigenvalue weighted by Crippen LogP contribution is 2.33. The number of rotatable bonds is 2. The fourth-order valence-corrected chi connectivity index (χ4v) is 3.65. The zero-order valence-electron chi connectivity index (χ0n) is 11.3. The third kappa shape index (κ3) is 3.11. The van der Waals surface area contributed by atoms with Crippen molar-refractivity contribution in [1.29, 1.82) is 0 Å². The summed E-state index contributed by atoms with van der Waals surface area (Å²) in [6.45, 7) is 0.774. The summed E-state index contributed by atoms with van der Waals surface area (Å²) in [5.74, 6) is 0.0255. The maximum atomic E-state index is 12.8. The molecule has 21 heavy (non-hydrogen) atoms. The Hall–Kier alpha value is -1.39. The minimum absolute atomic E-state index is 0.0255. The molecule has 1 unspecified atom stereocenters. The van der Waals surface area contributed by atoms with Crippen molar-refractivity contribution in [2.45, 2.75) is 18.9 Å². The summed E-state index contributed by atoms with van der Waals surface area (Å²) in [6, 6.07) is 9.39. The Morgan fingerprint density at radius 2 is 2.05 bits per heavy atom. The lowest BCUT2D eigenvalue weighted by Crippen LogP contribution is -2.30. The summed E-state index contributed by atoms with van der Waals surface area (Å²) < 4.78 is 0.818. The molecule has 0 radical (unpaired) electrons. The van der Waals surface area contributed by atoms with Gasteiger partial charge in [0.15, 0.2) is 0 Å². The lowest BCUT2D eigenvalue weighted by molar-refractivity contribution is 0.0735. The lowest BCUT2D eigenvalue weighted by Gasteiger charge is -2.25. The predicted molar refractivity (Wildman–Crippen MR) is 86.4 cm³/mol. The van der Waals surface area contributed by atoms with Crippen LogP contribution in [-0.2, 0) is 0 Å². The van der Waals surface area contributed by atoms with Crippen LogP contribution in [0, 0.1) is 0 Å². The Kier molecular flexibility index (Phi) is 4.27. The first-order valence-corrected chi connectivity index (χ1v) is 7.99. The number of amides is 1. The van der Waals surface area contributed by atoms with E-state index in [9.17, 15) is 4.79 Å². The maximum absolute atomic E-state index is 12.8. The molecule has 2 heterocycles. The minimum Gasteiger partial charge on any atom is -0.332 e. The van der Waals surface area contributed by atoms with Gasteiger partial charge < -0.3 is 4.90 Å². The summed E-state index contributed by atoms with van der Waals surface area (Å²) in [6.07, 6.45) is 5.54. The van der Waals surface area contributed by atoms with Crippen LogP contribution in [-0.4, -0.2) is 22.3 Å². The fraction of sp³-hybridized carbons (Fsp3) is 0.250. The zero-order chi connectivity index (χ0) is 14.8. The SMILES string of the molecule is O=C(c1cc(Cl)cc(Br)c1)N1CCCC1c1ccncc1. The van der Waals surface area contributed by atoms with Crippen molar-refractivity contribution in [1.82, 2.24) is 9.88 Å². The number of nitrogens with zero attached hydrogens (tertiary/aromatic N) is 2. The highest BCUT2D eigenvalue weighted by Gasteiger charge is 2.30. The van der Waals surface area contributed by atoms with Gasteiger partial charge in [-0.3, -0.25) is 9.78 Å². The van der Waals surface area contributed by atoms with Gasteiger partial charge in [-0.05, 0) is 48.7 Å². The quantitative estimate of drug-likeness (QED) is 0.786. The van der Waals surface area contributed by atoms with Crippen LogP contribution in [0.5, 0.6) is 0 Å². The van der Waals surface area contributed by atoms with E-state index in [0.717, 1.165) is 29.4 Å². The molecular formula is C16H14BrClN2O. The van der Waals surface area contributed by atoms with Crippen LogP contribution >= 0.6 is 27.5 Å². The molecule has 1 saturated heterocycles. The van der Waals surface area contributed by atoms with Gasteiger partial charge in [0, 0.05) is 34.0 Å². The third-order valence-electron chi connectivity index (χ3n) is 3.71. The molecule has 1 amide bonds. The molecule has 3 rings (SSSR count). The molecule has 0 bridgehead atoms. The van der Waals surface area contributed by atoms with Gasteiger partial charge in [-0.15, -0.1) is 0 Å². The van der Waals surface area contributed by atoms with E-state index in [1.165, 1.54) is 0 Å². The van der Waals surface area contributed by atoms with Gasteiger partial charge in [0.1, 0.15) is 0 Å². The topological polar surface area (TPSA) is 33.2 Å². The predicted octanol–water partition coefficient (Wildman–Crippen LogP) is 4.47. The van der Waals surface area contributed by atoms with Crippen LogP contribution in [0.2, 0.25) is 5.02 Å². The van der Waals surface area contributed by atoms with Gasteiger partial charge in [0.2, 0.25) is 0 Å². The Morgan fingerprint density at radius 3 is 2.76 bits per heavy atom. The van der Waals surface area contributed by atoms with Gasteiger partial charge >= 0.3 is 0 Å². The van der Waals surface area contributed by atoms with Crippen LogP contribution in [0.15, 0.2) is 47.2 Å². The molecule has 1 aliphatic heterocycles. The van der Waals surface area contributed by atoms with E-state index in [2.05, 4.69) is 20.9 Å². The van der Waals surface area contributed by atoms with Crippen LogP contribution in [0.25, 0.3) is 0 Å². The number of pyridine rings is 1. The first-order chi connectivity index (χ1) is 10.1. The second-order valence-electron chi connectivity index (χ2n) is 5.10. The molecule has 1 fully saturated rings. The molecule has 0 N–H and O–H groups in total. The highest BCUT2D eigenvalue weighted by molar-refractivity contribution is 9.10. The molecule has 5 heteroatoms. The molecule has 2 aromatic rings. The van der Waals surface area contributed by atoms with Gasteiger partial charge in [0.25, 0.3) is 5.91 Å². The van der Waals surface area contributed by atoms with Gasteiger partial charge in [0.05, 0.1) is 6.04 Å². The number of carbonyl (C=O) groups is 1. The van der Waals surface area contributed by atoms with Crippen molar-refractivity contribution in [3.63, 3.8) is 0 Å². The van der Waals surface area contributed by atoms with Crippen LogP contribution in [0.4, 0.5) is 0 Å². The fourth-order valence-electron chi connectivity index (χ4n) is 2.79. The molecule has 1 aliphatic rings. The molecule has 0 spiro atoms. The summed E-state index contributed by atoms with van der Waals surface area (Å²) in [4.78, 5) is 18.7. The second kappa shape index (κ2) is 6.16. The van der Waals surface area contributed by atoms with Crippen LogP contribution < -0.4 is 0 Å². The van der Waals surface area contributed by atoms with E-state index in [1.54, 1.807) is 24.5 Å². The first-order valence-electron chi connectivity index (χ1n) is 6.82. The number of carbonyl (C=O) groups excluding carboxylic acids is 1. The molecule has 3 nitrogen and oxygen atoms in total. The monoisotopic (exact) mass is 364 g/mol. The molecule has 1 aromatic heterocycles. The van der Waals surface area contributed by atoms with E-state index >= 15 is 0 Å². The van der Waals surface area contributed by atoms with E-state index < -0.39 is 0 Å². The minimum atomic E-state index is 0.0255. The summed E-state index contributed by atoms with van der Waals surface area (Å²) in [5, 5.41) is 0.562. The summed E-state index contributed by atoms with van der Waals surface area (Å²) >= 11 is 9.43. The van der Waals surface area contributed by atoms with Crippen molar-refractivity contribution < 1.29 is 4.79 Å². The number of hydrogen-bond donors (Lipinski definition) is 0. The molecule has 0 aliphatic carbocycles. The van der Waals surface area contributed by atoms with Gasteiger partial charge in [-0.25, -0.2) is 0 Å². The highest BCUT2D eigenvalue weighted by atomic mass is 79.9. The molecule has 0 saturated carbocycles. The van der Waals surface area contributed by atoms with Crippen molar-refractivity contribution in [2.75, 3.05) is 6.54 Å². The van der Waals surface area contributed by atoms with E-state index in [-0.39, 0.29) is 11.9 Å². The average molecular weight is 366 g/mol. The lowest BCUT2D eigenvalue weighted by atomic mass is 10.1. The normalized spacial score (nSPS) is 18.0. The van der Waals surface area contributed by atoms with Gasteiger partial charge in [-0.2, -0.15) is 0 Å². The number of aromatic nitrogens is 1. The Bertz CT molecular complexity index is 642. The Balaban J connectivity index is 1.90. The van der Waals surface area contributed by atoms with Crippen LogP contribution in [0.3, 0.4) is 0 Å². The second-order valence-corrected chi connectivity index (χ2v) is 6.45. The number of halogens is 2. The van der Waals surface area contributed by atoms with E-state index in [1.807, 2.05) is 23.1 Å². The number of hydrogen-bond acceptors (Lipinski definition) is 2. The van der Waals surface area contributed by atoms with Crippen molar-refractivity contribution in [3.05, 3.63) is 63.3 Å². The largest absolute Gasteiger partial charge is 0.332 e. The smallest absolute Gasteiger partial charge is 0.254 e. The third-order valence-corrected chi connectivity index (χ3v) is 4.39. The van der Waals surface area contributed by atoms with E-state index in [4.69, 9.17) is 11.6 Å². The van der Waals surface area contributed by atoms with Gasteiger partial charge in [-0.1, -0.05) is 27.5 Å². The molecule has 1 aromatic carbocycles. The van der Waals surface area contributed by atoms with E-state index in [0.29, 0.717) is 10.6 Å². The Labute approximate surface area is 137 Å². The summed E-state index contributed by atoms with van der Waals surface area (Å²) in [7, 11) is 0. The van der Waals surface area contributed by atoms with Crippen molar-refractivity contribution in [3.8, 4) is 0 Å². The summed E-state index contributed by atoms with van der Waals surface area (Å²) in [5.41, 5.74) is 1.76. The number of benzene rings is 1. The average Bonchev–Trinajstić information content (AvgIpc) is 2.95. The van der Waals surface area contributed by atoms with Crippen molar-refractivity contribution >= 4 is 33.4 Å². The zero-order valence-corrected chi connectivity index (χ0v) is 13.6. The maximum Gasteiger partial charge on any atom is 0.254 e. The molecule has 108 valence electrons. The first kappa shape index (κ1) is 14.5. The molecule has 1 atom stereocenters. The van der Waals surface area contributed by atoms with Crippen LogP contribution in [0.1, 0.15) is 34.8 Å². The molecular weight excluding hydrogens is 352 g/mol. The number of likely N-dealkylation sites (tertiary alicyclic amines) is 1. The van der Waals surface area contributed by atoms with Crippen molar-refractivity contribution in [2.24, 2.45) is 0 Å².